The van der Waals surface area contributed by atoms with Crippen LogP contribution in [0.1, 0.15) is 5.56 Å². The Bertz CT molecular complexity index is 2500. The summed E-state index contributed by atoms with van der Waals surface area (Å²) in [5.41, 5.74) is 0.0597. The Morgan fingerprint density at radius 1 is 0.636 bits per heavy atom. The minimum Gasteiger partial charge on any atom is -0.351 e. The van der Waals surface area contributed by atoms with Crippen molar-refractivity contribution in [3.63, 3.8) is 0 Å². The Hall–Kier alpha value is -2.11. The third-order valence-electron chi connectivity index (χ3n) is 7.27. The number of carbonyl (C=O) groups is 1. The number of rotatable bonds is 18. The third kappa shape index (κ3) is 13.8. The zero-order valence-electron chi connectivity index (χ0n) is 26.3. The van der Waals surface area contributed by atoms with Crippen LogP contribution in [0.5, 0.6) is 0 Å². The molecular formula is C19H29NO27S8. The van der Waals surface area contributed by atoms with Crippen LogP contribution in [-0.2, 0) is 102 Å². The fraction of sp³-hybridized carbons (Fsp3) is 0.632. The molecular weight excluding hydrogens is 931 g/mol. The summed E-state index contributed by atoms with van der Waals surface area (Å²) in [6.45, 7) is -0.816. The van der Waals surface area contributed by atoms with E-state index in [4.69, 9.17) is 9.47 Å². The number of carbonyl (C=O) groups excluding carboxylic acids is 1. The van der Waals surface area contributed by atoms with Gasteiger partial charge in [-0.05, 0) is 5.56 Å². The first kappa shape index (κ1) is 49.0. The first-order valence-electron chi connectivity index (χ1n) is 13.6. The molecule has 0 aromatic heterocycles. The van der Waals surface area contributed by atoms with E-state index in [1.54, 1.807) is 5.32 Å². The van der Waals surface area contributed by atoms with Gasteiger partial charge >= 0.3 is 0 Å². The predicted molar refractivity (Wildman–Crippen MR) is 177 cm³/mol. The number of hydrogen-bond acceptors (Lipinski definition) is 19. The average molecular weight is 960 g/mol. The molecule has 0 bridgehead atoms. The summed E-state index contributed by atoms with van der Waals surface area (Å²) in [4.78, 5) is 13.2. The largest absolute Gasteiger partial charge is 0.351 e. The van der Waals surface area contributed by atoms with Crippen molar-refractivity contribution >= 4 is 86.9 Å². The van der Waals surface area contributed by atoms with E-state index in [-0.39, 0.29) is 5.56 Å². The van der Waals surface area contributed by atoms with Crippen molar-refractivity contribution in [3.05, 3.63) is 35.9 Å². The molecule has 0 aliphatic carbocycles. The molecule has 1 aliphatic heterocycles. The summed E-state index contributed by atoms with van der Waals surface area (Å²) in [7, 11) is -51.0. The van der Waals surface area contributed by atoms with Gasteiger partial charge in [0.1, 0.15) is 32.9 Å². The van der Waals surface area contributed by atoms with Crippen LogP contribution in [0.4, 0.5) is 0 Å². The summed E-state index contributed by atoms with van der Waals surface area (Å²) in [6, 6.07) is 6.55. The van der Waals surface area contributed by atoms with Crippen molar-refractivity contribution in [1.82, 2.24) is 5.32 Å². The zero-order chi connectivity index (χ0) is 43.1. The highest BCUT2D eigenvalue weighted by Crippen LogP contribution is 2.37. The highest BCUT2D eigenvalue weighted by Gasteiger charge is 2.64. The van der Waals surface area contributed by atoms with Crippen LogP contribution in [0.2, 0.25) is 0 Å². The van der Waals surface area contributed by atoms with Crippen LogP contribution in [0.15, 0.2) is 30.3 Å². The molecule has 36 heteroatoms. The highest BCUT2D eigenvalue weighted by atomic mass is 32.3. The van der Waals surface area contributed by atoms with Gasteiger partial charge < -0.3 is 14.8 Å². The molecule has 1 amide bonds. The topological polar surface area (TPSA) is 483 Å². The predicted octanol–water partition coefficient (Wildman–Crippen LogP) is -5.27. The summed E-state index contributed by atoms with van der Waals surface area (Å²) in [5, 5.41) is -21.8. The Morgan fingerprint density at radius 2 is 1.11 bits per heavy atom. The van der Waals surface area contributed by atoms with E-state index in [1.807, 2.05) is 0 Å². The molecule has 0 saturated carbocycles. The van der Waals surface area contributed by atoms with Crippen LogP contribution in [0.3, 0.4) is 0 Å². The van der Waals surface area contributed by atoms with Crippen molar-refractivity contribution in [2.75, 3.05) is 11.5 Å². The summed E-state index contributed by atoms with van der Waals surface area (Å²) in [6.07, 6.45) is -11.3. The van der Waals surface area contributed by atoms with E-state index in [9.17, 15) is 109 Å². The van der Waals surface area contributed by atoms with Crippen molar-refractivity contribution in [1.29, 1.82) is 0 Å². The van der Waals surface area contributed by atoms with E-state index in [1.165, 1.54) is 30.3 Å². The van der Waals surface area contributed by atoms with Crippen LogP contribution < -0.4 is 5.32 Å². The van der Waals surface area contributed by atoms with Crippen molar-refractivity contribution in [2.24, 2.45) is 0 Å². The van der Waals surface area contributed by atoms with E-state index in [2.05, 4.69) is 0 Å². The Balaban J connectivity index is 3.17. The third-order valence-corrected chi connectivity index (χ3v) is 16.9. The maximum atomic E-state index is 13.2. The number of nitrogens with one attached hydrogen (secondary N) is 1. The molecule has 2 rings (SSSR count). The van der Waals surface area contributed by atoms with Gasteiger partial charge in [-0.15, -0.1) is 0 Å². The smallest absolute Gasteiger partial charge is 0.278 e. The molecule has 55 heavy (non-hydrogen) atoms. The van der Waals surface area contributed by atoms with E-state index in [0.29, 0.717) is 0 Å². The number of benzene rings is 1. The first-order chi connectivity index (χ1) is 24.3. The minimum atomic E-state index is -6.74. The van der Waals surface area contributed by atoms with Gasteiger partial charge in [-0.1, -0.05) is 30.3 Å². The molecule has 1 fully saturated rings. The van der Waals surface area contributed by atoms with Gasteiger partial charge in [0.25, 0.3) is 80.9 Å². The molecule has 320 valence electrons. The highest BCUT2D eigenvalue weighted by molar-refractivity contribution is 7.93. The molecule has 1 aromatic rings. The second-order valence-corrected chi connectivity index (χ2v) is 23.7. The molecule has 0 unspecified atom stereocenters. The number of ether oxygens (including phenoxy) is 2. The second kappa shape index (κ2) is 16.6. The van der Waals surface area contributed by atoms with E-state index >= 15 is 0 Å². The Kier molecular flexibility index (Phi) is 14.8. The van der Waals surface area contributed by atoms with Crippen LogP contribution in [-0.4, -0.2) is 171 Å². The van der Waals surface area contributed by atoms with Crippen LogP contribution in [0.25, 0.3) is 0 Å². The monoisotopic (exact) mass is 959 g/mol. The van der Waals surface area contributed by atoms with Crippen molar-refractivity contribution in [3.8, 4) is 0 Å². The van der Waals surface area contributed by atoms with Crippen LogP contribution >= 0.6 is 0 Å². The molecule has 0 radical (unpaired) electrons. The Labute approximate surface area is 312 Å². The number of hydrogen-bond donors (Lipinski definition) is 9. The summed E-state index contributed by atoms with van der Waals surface area (Å²) < 4.78 is 286. The molecule has 28 nitrogen and oxygen atoms in total. The van der Waals surface area contributed by atoms with Gasteiger partial charge in [0, 0.05) is 6.54 Å². The van der Waals surface area contributed by atoms with E-state index < -0.39 is 155 Å². The lowest BCUT2D eigenvalue weighted by Crippen LogP contribution is -2.68. The summed E-state index contributed by atoms with van der Waals surface area (Å²) in [5.74, 6) is -7.23. The molecule has 1 aromatic carbocycles. The van der Waals surface area contributed by atoms with Gasteiger partial charge in [0.05, 0.1) is 11.9 Å². The molecule has 1 saturated heterocycles. The molecule has 1 heterocycles. The summed E-state index contributed by atoms with van der Waals surface area (Å²) >= 11 is 0. The number of amides is 1. The molecule has 1 aliphatic rings. The maximum Gasteiger partial charge on any atom is 0.278 e. The van der Waals surface area contributed by atoms with Gasteiger partial charge in [0.15, 0.2) is 16.8 Å². The lowest BCUT2D eigenvalue weighted by atomic mass is 10.1. The molecule has 0 spiro atoms. The fourth-order valence-corrected chi connectivity index (χ4v) is 16.0. The van der Waals surface area contributed by atoms with Gasteiger partial charge in [-0.3, -0.25) is 41.2 Å². The Morgan fingerprint density at radius 3 is 1.47 bits per heavy atom. The van der Waals surface area contributed by atoms with Crippen LogP contribution in [0, 0.1) is 0 Å². The van der Waals surface area contributed by atoms with Crippen molar-refractivity contribution in [2.45, 2.75) is 56.5 Å². The van der Waals surface area contributed by atoms with Gasteiger partial charge in [0.2, 0.25) is 5.91 Å². The fourth-order valence-electron chi connectivity index (χ4n) is 5.27. The van der Waals surface area contributed by atoms with E-state index in [0.717, 1.165) is 0 Å². The zero-order valence-corrected chi connectivity index (χ0v) is 32.8. The minimum absolute atomic E-state index is 0.0597. The average Bonchev–Trinajstić information content (AvgIpc) is 2.91. The molecule has 9 atom stereocenters. The lowest BCUT2D eigenvalue weighted by Gasteiger charge is -2.44. The lowest BCUT2D eigenvalue weighted by molar-refractivity contribution is -0.206. The quantitative estimate of drug-likeness (QED) is 0.0621. The van der Waals surface area contributed by atoms with Gasteiger partial charge in [-0.2, -0.15) is 67.3 Å². The van der Waals surface area contributed by atoms with Crippen molar-refractivity contribution < 1.29 is 118 Å². The second-order valence-electron chi connectivity index (χ2n) is 11.3. The first-order valence-corrected chi connectivity index (χ1v) is 25.8. The normalized spacial score (nSPS) is 24.6. The molecule has 9 N–H and O–H groups in total. The maximum absolute atomic E-state index is 13.2. The van der Waals surface area contributed by atoms with Gasteiger partial charge in [-0.25, -0.2) is 0 Å². The standard InChI is InChI=1S/C19H29NO27S8/c21-18(20-6-9-4-2-1-3-5-9)16(54(40,41)42)14(52(34,35)36)12(11(50(28,29)30)8-49(25,26)27)47-19-17(55(43,44)45)15(53(37,38)39)13(51(31,32)33)10(46-19)7-48(22,23)24/h1-5,10-17,19H,6-8H2,(H,20,21)(H,22,23,24)(H,25,26,27)(H,28,29,30)(H,31,32,33)(H,34,35,36)(H,37,38,39)(H,40,41,42)(H,43,44,45)/t10-,11-,12-,13+,14+,15+,16-,17-,19+/m1/s1. The SMILES string of the molecule is O=C(NCc1ccccc1)[C@@H]([C@H]([C@H](O[C@@H]1O[C@H](CS(=O)(=O)O)[C@H](S(=O)(=O)O)[C@H](S(=O)(=O)O)[C@H]1S(=O)(=O)O)[C@@H](CS(=O)(=O)O)S(=O)(=O)O)S(=O)(=O)O)S(=O)(=O)O.